The van der Waals surface area contributed by atoms with Crippen LogP contribution in [0, 0.1) is 0 Å². The second-order valence-corrected chi connectivity index (χ2v) is 10.9. The molecule has 0 rings (SSSR count). The van der Waals surface area contributed by atoms with Gasteiger partial charge in [-0.1, -0.05) is 33.6 Å². The van der Waals surface area contributed by atoms with Crippen molar-refractivity contribution in [1.29, 1.82) is 0 Å². The van der Waals surface area contributed by atoms with Crippen LogP contribution < -0.4 is 5.32 Å². The highest BCUT2D eigenvalue weighted by atomic mass is 28.4. The summed E-state index contributed by atoms with van der Waals surface area (Å²) in [6.07, 6.45) is 5.13. The topological polar surface area (TPSA) is 21.3 Å². The number of hydrogen-bond donors (Lipinski definition) is 1. The van der Waals surface area contributed by atoms with E-state index in [0.717, 1.165) is 13.2 Å². The lowest BCUT2D eigenvalue weighted by atomic mass is 10.2. The number of unbranched alkanes of at least 4 members (excludes halogenated alkanes) is 3. The Kier molecular flexibility index (Phi) is 7.52. The normalized spacial score (nSPS) is 13.1. The first kappa shape index (κ1) is 16.1. The van der Waals surface area contributed by atoms with Crippen molar-refractivity contribution in [3.05, 3.63) is 0 Å². The smallest absolute Gasteiger partial charge is 0.191 e. The third-order valence-corrected chi connectivity index (χ3v) is 8.13. The van der Waals surface area contributed by atoms with Crippen molar-refractivity contribution in [2.45, 2.75) is 64.6 Å². The molecule has 2 nitrogen and oxygen atoms in total. The molecule has 0 radical (unpaired) electrons. The van der Waals surface area contributed by atoms with Crippen molar-refractivity contribution in [3.63, 3.8) is 0 Å². The molecule has 0 heterocycles. The van der Waals surface area contributed by atoms with Crippen molar-refractivity contribution >= 4 is 8.32 Å². The molecule has 0 saturated heterocycles. The van der Waals surface area contributed by atoms with E-state index in [1.54, 1.807) is 0 Å². The van der Waals surface area contributed by atoms with Crippen LogP contribution in [-0.2, 0) is 4.43 Å². The van der Waals surface area contributed by atoms with Gasteiger partial charge in [0.1, 0.15) is 0 Å². The summed E-state index contributed by atoms with van der Waals surface area (Å²) in [5.41, 5.74) is 0. The Labute approximate surface area is 103 Å². The standard InChI is InChI=1S/C13H31NOSi/c1-13(2,3)16(5,6)15-12-10-8-7-9-11-14-4/h14H,7-12H2,1-6H3. The van der Waals surface area contributed by atoms with Crippen molar-refractivity contribution in [2.75, 3.05) is 20.2 Å². The number of rotatable bonds is 8. The fourth-order valence-corrected chi connectivity index (χ4v) is 2.39. The van der Waals surface area contributed by atoms with E-state index in [0.29, 0.717) is 5.04 Å². The number of nitrogens with one attached hydrogen (secondary N) is 1. The van der Waals surface area contributed by atoms with Crippen LogP contribution in [0.1, 0.15) is 46.5 Å². The van der Waals surface area contributed by atoms with E-state index in [9.17, 15) is 0 Å². The molecule has 3 heteroatoms. The Hall–Kier alpha value is 0.137. The molecule has 0 saturated carbocycles. The minimum atomic E-state index is -1.49. The third kappa shape index (κ3) is 6.66. The predicted octanol–water partition coefficient (Wildman–Crippen LogP) is 3.79. The summed E-state index contributed by atoms with van der Waals surface area (Å²) in [6.45, 7) is 13.6. The first-order chi connectivity index (χ1) is 7.31. The van der Waals surface area contributed by atoms with E-state index in [1.165, 1.54) is 25.7 Å². The number of hydrogen-bond acceptors (Lipinski definition) is 2. The van der Waals surface area contributed by atoms with Crippen LogP contribution in [0.25, 0.3) is 0 Å². The van der Waals surface area contributed by atoms with Gasteiger partial charge in [-0.05, 0) is 44.6 Å². The van der Waals surface area contributed by atoms with Crippen LogP contribution in [0.5, 0.6) is 0 Å². The molecule has 0 aromatic carbocycles. The molecule has 0 bridgehead atoms. The quantitative estimate of drug-likeness (QED) is 0.519. The third-order valence-electron chi connectivity index (χ3n) is 3.59. The Morgan fingerprint density at radius 3 is 2.06 bits per heavy atom. The summed E-state index contributed by atoms with van der Waals surface area (Å²) in [5, 5.41) is 3.52. The second-order valence-electron chi connectivity index (χ2n) is 6.13. The van der Waals surface area contributed by atoms with E-state index < -0.39 is 8.32 Å². The first-order valence-electron chi connectivity index (χ1n) is 6.60. The maximum atomic E-state index is 6.12. The largest absolute Gasteiger partial charge is 0.417 e. The lowest BCUT2D eigenvalue weighted by Gasteiger charge is -2.36. The van der Waals surface area contributed by atoms with Crippen LogP contribution in [0.15, 0.2) is 0 Å². The molecular formula is C13H31NOSi. The van der Waals surface area contributed by atoms with Crippen LogP contribution in [0.4, 0.5) is 0 Å². The van der Waals surface area contributed by atoms with Crippen LogP contribution in [-0.4, -0.2) is 28.5 Å². The Bertz CT molecular complexity index is 175. The van der Waals surface area contributed by atoms with Gasteiger partial charge in [0.15, 0.2) is 8.32 Å². The van der Waals surface area contributed by atoms with E-state index in [1.807, 2.05) is 7.05 Å². The van der Waals surface area contributed by atoms with E-state index >= 15 is 0 Å². The highest BCUT2D eigenvalue weighted by molar-refractivity contribution is 6.74. The molecule has 0 aromatic rings. The Balaban J connectivity index is 3.51. The lowest BCUT2D eigenvalue weighted by molar-refractivity contribution is 0.277. The molecule has 0 unspecified atom stereocenters. The molecule has 0 aliphatic heterocycles. The first-order valence-corrected chi connectivity index (χ1v) is 9.50. The maximum absolute atomic E-state index is 6.12. The van der Waals surface area contributed by atoms with Crippen molar-refractivity contribution in [3.8, 4) is 0 Å². The fourth-order valence-electron chi connectivity index (χ4n) is 1.30. The van der Waals surface area contributed by atoms with Crippen LogP contribution in [0.2, 0.25) is 18.1 Å². The van der Waals surface area contributed by atoms with E-state index in [-0.39, 0.29) is 0 Å². The van der Waals surface area contributed by atoms with Gasteiger partial charge in [0, 0.05) is 6.61 Å². The Morgan fingerprint density at radius 2 is 1.56 bits per heavy atom. The highest BCUT2D eigenvalue weighted by Crippen LogP contribution is 2.36. The van der Waals surface area contributed by atoms with Gasteiger partial charge in [0.2, 0.25) is 0 Å². The van der Waals surface area contributed by atoms with Gasteiger partial charge in [0.05, 0.1) is 0 Å². The van der Waals surface area contributed by atoms with Gasteiger partial charge >= 0.3 is 0 Å². The van der Waals surface area contributed by atoms with E-state index in [2.05, 4.69) is 39.2 Å². The maximum Gasteiger partial charge on any atom is 0.191 e. The molecule has 16 heavy (non-hydrogen) atoms. The zero-order valence-corrected chi connectivity index (χ0v) is 13.2. The zero-order chi connectivity index (χ0) is 12.7. The SMILES string of the molecule is CNCCCCCCO[Si](C)(C)C(C)(C)C. The summed E-state index contributed by atoms with van der Waals surface area (Å²) in [5.74, 6) is 0. The van der Waals surface area contributed by atoms with Crippen molar-refractivity contribution < 1.29 is 4.43 Å². The minimum absolute atomic E-state index is 0.346. The zero-order valence-electron chi connectivity index (χ0n) is 12.2. The van der Waals surface area contributed by atoms with Gasteiger partial charge < -0.3 is 9.74 Å². The summed E-state index contributed by atoms with van der Waals surface area (Å²) in [6, 6.07) is 0. The molecular weight excluding hydrogens is 214 g/mol. The molecule has 0 atom stereocenters. The van der Waals surface area contributed by atoms with E-state index in [4.69, 9.17) is 4.43 Å². The van der Waals surface area contributed by atoms with Crippen molar-refractivity contribution in [1.82, 2.24) is 5.32 Å². The summed E-state index contributed by atoms with van der Waals surface area (Å²) in [4.78, 5) is 0. The van der Waals surface area contributed by atoms with Gasteiger partial charge in [-0.2, -0.15) is 0 Å². The molecule has 0 aromatic heterocycles. The van der Waals surface area contributed by atoms with Gasteiger partial charge in [-0.25, -0.2) is 0 Å². The molecule has 0 spiro atoms. The molecule has 0 aliphatic carbocycles. The highest BCUT2D eigenvalue weighted by Gasteiger charge is 2.36. The summed E-state index contributed by atoms with van der Waals surface area (Å²) < 4.78 is 6.12. The molecule has 0 fully saturated rings. The summed E-state index contributed by atoms with van der Waals surface area (Å²) >= 11 is 0. The molecule has 0 amide bonds. The Morgan fingerprint density at radius 1 is 1.00 bits per heavy atom. The summed E-state index contributed by atoms with van der Waals surface area (Å²) in [7, 11) is 0.522. The lowest BCUT2D eigenvalue weighted by Crippen LogP contribution is -2.40. The van der Waals surface area contributed by atoms with Crippen molar-refractivity contribution in [2.24, 2.45) is 0 Å². The average molecular weight is 245 g/mol. The van der Waals surface area contributed by atoms with Crippen LogP contribution >= 0.6 is 0 Å². The average Bonchev–Trinajstić information content (AvgIpc) is 2.14. The molecule has 1 N–H and O–H groups in total. The predicted molar refractivity (Wildman–Crippen MR) is 75.5 cm³/mol. The van der Waals surface area contributed by atoms with Gasteiger partial charge in [-0.15, -0.1) is 0 Å². The fraction of sp³-hybridized carbons (Fsp3) is 1.00. The molecule has 0 aliphatic rings. The van der Waals surface area contributed by atoms with Gasteiger partial charge in [-0.3, -0.25) is 0 Å². The van der Waals surface area contributed by atoms with Crippen LogP contribution in [0.3, 0.4) is 0 Å². The minimum Gasteiger partial charge on any atom is -0.417 e. The monoisotopic (exact) mass is 245 g/mol. The molecule has 98 valence electrons. The second kappa shape index (κ2) is 7.46. The van der Waals surface area contributed by atoms with Gasteiger partial charge in [0.25, 0.3) is 0 Å².